The summed E-state index contributed by atoms with van der Waals surface area (Å²) in [4.78, 5) is 73.1. The average molecular weight is 601 g/mol. The van der Waals surface area contributed by atoms with E-state index in [1.165, 1.54) is 24.3 Å². The number of carbonyl (C=O) groups excluding carboxylic acids is 6. The Hall–Kier alpha value is -5.52. The van der Waals surface area contributed by atoms with E-state index >= 15 is 0 Å². The van der Waals surface area contributed by atoms with Gasteiger partial charge in [-0.1, -0.05) is 12.1 Å². The lowest BCUT2D eigenvalue weighted by atomic mass is 10.1. The Morgan fingerprint density at radius 1 is 0.432 bits per heavy atom. The van der Waals surface area contributed by atoms with Gasteiger partial charge in [0.1, 0.15) is 0 Å². The first-order valence-corrected chi connectivity index (χ1v) is 13.9. The molecule has 0 saturated carbocycles. The number of hydrazine groups is 2. The second-order valence-corrected chi connectivity index (χ2v) is 10.3. The lowest BCUT2D eigenvalue weighted by Gasteiger charge is -2.10. The van der Waals surface area contributed by atoms with Crippen LogP contribution in [0.3, 0.4) is 0 Å². The third-order valence-corrected chi connectivity index (χ3v) is 6.78. The minimum Gasteiger partial charge on any atom is -0.326 e. The van der Waals surface area contributed by atoms with E-state index < -0.39 is 23.6 Å². The summed E-state index contributed by atoms with van der Waals surface area (Å²) in [6.07, 6.45) is -0.428. The second-order valence-electron chi connectivity index (χ2n) is 10.3. The summed E-state index contributed by atoms with van der Waals surface area (Å²) in [5.74, 6) is -3.03. The Morgan fingerprint density at radius 2 is 0.773 bits per heavy atom. The molecule has 0 bridgehead atoms. The number of amides is 6. The molecule has 0 aliphatic rings. The van der Waals surface area contributed by atoms with Crippen LogP contribution in [0.25, 0.3) is 0 Å². The van der Waals surface area contributed by atoms with Gasteiger partial charge >= 0.3 is 0 Å². The summed E-state index contributed by atoms with van der Waals surface area (Å²) in [5, 5.41) is 5.46. The van der Waals surface area contributed by atoms with Gasteiger partial charge in [0.15, 0.2) is 0 Å². The number of benzene rings is 3. The number of hydrogen-bond donors (Lipinski definition) is 6. The zero-order chi connectivity index (χ0) is 32.2. The predicted molar refractivity (Wildman–Crippen MR) is 165 cm³/mol. The second kappa shape index (κ2) is 15.6. The zero-order valence-electron chi connectivity index (χ0n) is 25.1. The smallest absolute Gasteiger partial charge is 0.269 e. The normalized spacial score (nSPS) is 10.3. The topological polar surface area (TPSA) is 175 Å². The fourth-order valence-electron chi connectivity index (χ4n) is 3.83. The highest BCUT2D eigenvalue weighted by Crippen LogP contribution is 2.15. The molecule has 3 rings (SSSR count). The predicted octanol–water partition coefficient (Wildman–Crippen LogP) is 3.28. The first-order valence-electron chi connectivity index (χ1n) is 13.9. The van der Waals surface area contributed by atoms with Crippen molar-refractivity contribution in [3.63, 3.8) is 0 Å². The van der Waals surface area contributed by atoms with E-state index in [1.54, 1.807) is 12.1 Å². The highest BCUT2D eigenvalue weighted by molar-refractivity contribution is 5.99. The average Bonchev–Trinajstić information content (AvgIpc) is 3.00. The maximum atomic E-state index is 12.4. The summed E-state index contributed by atoms with van der Waals surface area (Å²) >= 11 is 0. The van der Waals surface area contributed by atoms with Crippen LogP contribution in [-0.2, 0) is 19.2 Å². The van der Waals surface area contributed by atoms with E-state index in [1.807, 2.05) is 52.0 Å². The van der Waals surface area contributed by atoms with E-state index in [0.717, 1.165) is 22.3 Å². The molecule has 0 aromatic heterocycles. The molecule has 0 heterocycles. The van der Waals surface area contributed by atoms with Crippen molar-refractivity contribution in [1.82, 2.24) is 21.7 Å². The standard InChI is InChI=1S/C32H36N6O6/c1-19-5-11-25(17-21(19)3)33-27(39)13-15-29(41)35-37-31(43)23-7-9-24(10-8-23)32(44)38-36-30(42)16-14-28(40)34-26-12-6-20(2)22(4)18-26/h5-12,17-18H,13-16H2,1-4H3,(H,33,39)(H,34,40)(H,35,41)(H,36,42)(H,37,43)(H,38,44). The maximum absolute atomic E-state index is 12.4. The van der Waals surface area contributed by atoms with Crippen molar-refractivity contribution in [3.8, 4) is 0 Å². The van der Waals surface area contributed by atoms with Crippen LogP contribution in [0.4, 0.5) is 11.4 Å². The van der Waals surface area contributed by atoms with Gasteiger partial charge in [-0.2, -0.15) is 0 Å². The van der Waals surface area contributed by atoms with Crippen LogP contribution in [0.15, 0.2) is 60.7 Å². The van der Waals surface area contributed by atoms with E-state index in [2.05, 4.69) is 32.3 Å². The SMILES string of the molecule is Cc1ccc(NC(=O)CCC(=O)NNC(=O)c2ccc(C(=O)NNC(=O)CCC(=O)Nc3ccc(C)c(C)c3)cc2)cc1C. The third-order valence-electron chi connectivity index (χ3n) is 6.78. The maximum Gasteiger partial charge on any atom is 0.269 e. The summed E-state index contributed by atoms with van der Waals surface area (Å²) in [6.45, 7) is 7.80. The van der Waals surface area contributed by atoms with Gasteiger partial charge < -0.3 is 10.6 Å². The van der Waals surface area contributed by atoms with Gasteiger partial charge in [-0.25, -0.2) is 0 Å². The van der Waals surface area contributed by atoms with E-state index in [0.29, 0.717) is 11.4 Å². The van der Waals surface area contributed by atoms with Crippen LogP contribution in [-0.4, -0.2) is 35.4 Å². The highest BCUT2D eigenvalue weighted by Gasteiger charge is 2.13. The van der Waals surface area contributed by atoms with Gasteiger partial charge in [0.2, 0.25) is 23.6 Å². The fraction of sp³-hybridized carbons (Fsp3) is 0.250. The summed E-state index contributed by atoms with van der Waals surface area (Å²) < 4.78 is 0. The highest BCUT2D eigenvalue weighted by atomic mass is 16.2. The minimum atomic E-state index is -0.628. The molecule has 3 aromatic carbocycles. The molecule has 0 saturated heterocycles. The number of rotatable bonds is 10. The van der Waals surface area contributed by atoms with Gasteiger partial charge in [-0.05, 0) is 98.5 Å². The van der Waals surface area contributed by atoms with Crippen molar-refractivity contribution in [1.29, 1.82) is 0 Å². The number of anilines is 2. The summed E-state index contributed by atoms with van der Waals surface area (Å²) in [5.41, 5.74) is 14.9. The molecule has 0 spiro atoms. The molecule has 0 aliphatic carbocycles. The van der Waals surface area contributed by atoms with Crippen LogP contribution in [0.1, 0.15) is 68.7 Å². The molecule has 0 aliphatic heterocycles. The number of nitrogens with one attached hydrogen (secondary N) is 6. The molecule has 0 atom stereocenters. The van der Waals surface area contributed by atoms with Gasteiger partial charge in [0, 0.05) is 48.2 Å². The third kappa shape index (κ3) is 10.4. The van der Waals surface area contributed by atoms with Crippen LogP contribution < -0.4 is 32.3 Å². The van der Waals surface area contributed by atoms with Gasteiger partial charge in [0.05, 0.1) is 0 Å². The Morgan fingerprint density at radius 3 is 1.11 bits per heavy atom. The summed E-state index contributed by atoms with van der Waals surface area (Å²) in [7, 11) is 0. The molecule has 3 aromatic rings. The Labute approximate surface area is 255 Å². The van der Waals surface area contributed by atoms with E-state index in [4.69, 9.17) is 0 Å². The Bertz CT molecular complexity index is 1450. The molecule has 12 nitrogen and oxygen atoms in total. The van der Waals surface area contributed by atoms with E-state index in [9.17, 15) is 28.8 Å². The van der Waals surface area contributed by atoms with Crippen molar-refractivity contribution >= 4 is 46.8 Å². The quantitative estimate of drug-likeness (QED) is 0.195. The Kier molecular flexibility index (Phi) is 11.7. The van der Waals surface area contributed by atoms with Gasteiger partial charge in [0.25, 0.3) is 11.8 Å². The first-order chi connectivity index (χ1) is 20.9. The van der Waals surface area contributed by atoms with Crippen molar-refractivity contribution in [2.24, 2.45) is 0 Å². The molecule has 0 radical (unpaired) electrons. The molecular weight excluding hydrogens is 564 g/mol. The van der Waals surface area contributed by atoms with Gasteiger partial charge in [-0.15, -0.1) is 0 Å². The zero-order valence-corrected chi connectivity index (χ0v) is 25.1. The number of hydrogen-bond acceptors (Lipinski definition) is 6. The van der Waals surface area contributed by atoms with Crippen molar-refractivity contribution in [2.45, 2.75) is 53.4 Å². The molecule has 6 amide bonds. The van der Waals surface area contributed by atoms with Crippen molar-refractivity contribution < 1.29 is 28.8 Å². The summed E-state index contributed by atoms with van der Waals surface area (Å²) in [6, 6.07) is 16.5. The number of carbonyl (C=O) groups is 6. The van der Waals surface area contributed by atoms with E-state index in [-0.39, 0.29) is 48.6 Å². The van der Waals surface area contributed by atoms with Gasteiger partial charge in [-0.3, -0.25) is 50.5 Å². The first kappa shape index (κ1) is 33.0. The van der Waals surface area contributed by atoms with Crippen LogP contribution in [0.5, 0.6) is 0 Å². The van der Waals surface area contributed by atoms with Crippen LogP contribution in [0.2, 0.25) is 0 Å². The lowest BCUT2D eigenvalue weighted by Crippen LogP contribution is -2.42. The van der Waals surface area contributed by atoms with Crippen LogP contribution in [0, 0.1) is 27.7 Å². The fourth-order valence-corrected chi connectivity index (χ4v) is 3.83. The largest absolute Gasteiger partial charge is 0.326 e. The van der Waals surface area contributed by atoms with Crippen molar-refractivity contribution in [2.75, 3.05) is 10.6 Å². The Balaban J connectivity index is 1.34. The molecule has 12 heteroatoms. The molecule has 44 heavy (non-hydrogen) atoms. The lowest BCUT2D eigenvalue weighted by molar-refractivity contribution is -0.125. The monoisotopic (exact) mass is 600 g/mol. The number of aryl methyl sites for hydroxylation is 4. The molecule has 0 unspecified atom stereocenters. The molecular formula is C32H36N6O6. The van der Waals surface area contributed by atoms with Crippen LogP contribution >= 0.6 is 0 Å². The molecule has 230 valence electrons. The minimum absolute atomic E-state index is 0.0741. The molecule has 0 fully saturated rings. The van der Waals surface area contributed by atoms with Crippen molar-refractivity contribution in [3.05, 3.63) is 94.0 Å². The molecule has 6 N–H and O–H groups in total.